The Balaban J connectivity index is 0.00000220. The molecule has 0 atom stereocenters. The molecule has 0 amide bonds. The molecule has 0 spiro atoms. The van der Waals surface area contributed by atoms with Crippen LogP contribution >= 0.6 is 12.4 Å². The van der Waals surface area contributed by atoms with Gasteiger partial charge in [-0.1, -0.05) is 30.3 Å². The lowest BCUT2D eigenvalue weighted by atomic mass is 9.88. The summed E-state index contributed by atoms with van der Waals surface area (Å²) in [6, 6.07) is 10.3. The minimum Gasteiger partial charge on any atom is -0.465 e. The molecule has 2 rings (SSSR count). The van der Waals surface area contributed by atoms with Crippen LogP contribution in [0.15, 0.2) is 30.3 Å². The maximum Gasteiger partial charge on any atom is 0.327 e. The fourth-order valence-electron chi connectivity index (χ4n) is 2.61. The van der Waals surface area contributed by atoms with Crippen molar-refractivity contribution in [2.75, 3.05) is 19.7 Å². The second-order valence-corrected chi connectivity index (χ2v) is 5.21. The van der Waals surface area contributed by atoms with Crippen LogP contribution in [0.5, 0.6) is 0 Å². The number of halogens is 1. The Morgan fingerprint density at radius 1 is 1.33 bits per heavy atom. The summed E-state index contributed by atoms with van der Waals surface area (Å²) in [5, 5.41) is 0. The van der Waals surface area contributed by atoms with Crippen molar-refractivity contribution in [1.29, 1.82) is 0 Å². The third-order valence-corrected chi connectivity index (χ3v) is 3.90. The van der Waals surface area contributed by atoms with Crippen LogP contribution in [0, 0.1) is 0 Å². The van der Waals surface area contributed by atoms with Gasteiger partial charge in [-0.05, 0) is 25.3 Å². The number of esters is 1. The van der Waals surface area contributed by atoms with E-state index in [4.69, 9.17) is 10.6 Å². The van der Waals surface area contributed by atoms with Gasteiger partial charge in [0.25, 0.3) is 0 Å². The fourth-order valence-corrected chi connectivity index (χ4v) is 2.61. The molecule has 1 aromatic carbocycles. The van der Waals surface area contributed by atoms with Gasteiger partial charge in [0.15, 0.2) is 0 Å². The van der Waals surface area contributed by atoms with Crippen LogP contribution in [0.2, 0.25) is 0 Å². The van der Waals surface area contributed by atoms with E-state index in [1.807, 2.05) is 25.1 Å². The van der Waals surface area contributed by atoms with Crippen LogP contribution < -0.4 is 11.3 Å². The first-order valence-corrected chi connectivity index (χ1v) is 7.11. The Hall–Kier alpha value is -1.14. The highest BCUT2D eigenvalue weighted by Crippen LogP contribution is 2.24. The van der Waals surface area contributed by atoms with Gasteiger partial charge in [-0.15, -0.1) is 12.4 Å². The van der Waals surface area contributed by atoms with E-state index in [-0.39, 0.29) is 18.4 Å². The summed E-state index contributed by atoms with van der Waals surface area (Å²) >= 11 is 0. The van der Waals surface area contributed by atoms with Crippen molar-refractivity contribution < 1.29 is 9.53 Å². The number of carbonyl (C=O) groups is 1. The van der Waals surface area contributed by atoms with Crippen molar-refractivity contribution in [2.45, 2.75) is 31.8 Å². The Bertz CT molecular complexity index is 434. The van der Waals surface area contributed by atoms with E-state index >= 15 is 0 Å². The summed E-state index contributed by atoms with van der Waals surface area (Å²) < 4.78 is 5.13. The Labute approximate surface area is 132 Å². The number of ether oxygens (including phenoxy) is 1. The monoisotopic (exact) mass is 313 g/mol. The molecule has 0 aromatic heterocycles. The molecule has 3 N–H and O–H groups in total. The molecule has 6 heteroatoms. The maximum atomic E-state index is 12.0. The van der Waals surface area contributed by atoms with Gasteiger partial charge in [-0.2, -0.15) is 0 Å². The molecule has 0 aliphatic carbocycles. The summed E-state index contributed by atoms with van der Waals surface area (Å²) in [5.74, 6) is 5.36. The molecule has 0 bridgehead atoms. The molecule has 1 heterocycles. The summed E-state index contributed by atoms with van der Waals surface area (Å²) in [5.41, 5.74) is 3.25. The molecule has 1 fully saturated rings. The van der Waals surface area contributed by atoms with Crippen LogP contribution in [0.4, 0.5) is 0 Å². The first kappa shape index (κ1) is 17.9. The number of likely N-dealkylation sites (tertiary alicyclic amines) is 1. The van der Waals surface area contributed by atoms with Crippen molar-refractivity contribution in [3.63, 3.8) is 0 Å². The number of hydrogen-bond donors (Lipinski definition) is 2. The van der Waals surface area contributed by atoms with Gasteiger partial charge >= 0.3 is 5.97 Å². The number of hydrogen-bond acceptors (Lipinski definition) is 5. The minimum absolute atomic E-state index is 0. The highest BCUT2D eigenvalue weighted by atomic mass is 35.5. The summed E-state index contributed by atoms with van der Waals surface area (Å²) in [6.07, 6.45) is 1.35. The first-order chi connectivity index (χ1) is 9.70. The van der Waals surface area contributed by atoms with Crippen LogP contribution in [0.3, 0.4) is 0 Å². The smallest absolute Gasteiger partial charge is 0.327 e. The molecule has 118 valence electrons. The van der Waals surface area contributed by atoms with Crippen LogP contribution in [0.1, 0.15) is 25.3 Å². The van der Waals surface area contributed by atoms with Gasteiger partial charge in [0.05, 0.1) is 6.61 Å². The van der Waals surface area contributed by atoms with E-state index in [1.54, 1.807) is 0 Å². The molecule has 1 aliphatic rings. The average Bonchev–Trinajstić information content (AvgIpc) is 2.49. The molecule has 0 radical (unpaired) electrons. The summed E-state index contributed by atoms with van der Waals surface area (Å²) in [4.78, 5) is 14.4. The number of rotatable bonds is 5. The van der Waals surface area contributed by atoms with Gasteiger partial charge in [0, 0.05) is 19.6 Å². The SMILES string of the molecule is CCOC(=O)C1(NN)CCN(Cc2ccccc2)CC1.Cl. The van der Waals surface area contributed by atoms with Crippen LogP contribution in [-0.4, -0.2) is 36.1 Å². The van der Waals surface area contributed by atoms with Crippen molar-refractivity contribution in [3.8, 4) is 0 Å². The lowest BCUT2D eigenvalue weighted by molar-refractivity contribution is -0.153. The van der Waals surface area contributed by atoms with Gasteiger partial charge in [0.1, 0.15) is 5.54 Å². The first-order valence-electron chi connectivity index (χ1n) is 7.11. The Morgan fingerprint density at radius 2 is 1.95 bits per heavy atom. The van der Waals surface area contributed by atoms with E-state index in [0.29, 0.717) is 19.4 Å². The van der Waals surface area contributed by atoms with Crippen LogP contribution in [-0.2, 0) is 16.1 Å². The molecular formula is C15H24ClN3O2. The predicted molar refractivity (Wildman–Crippen MR) is 84.9 cm³/mol. The fraction of sp³-hybridized carbons (Fsp3) is 0.533. The molecule has 0 unspecified atom stereocenters. The zero-order valence-electron chi connectivity index (χ0n) is 12.4. The highest BCUT2D eigenvalue weighted by Gasteiger charge is 2.41. The maximum absolute atomic E-state index is 12.0. The van der Waals surface area contributed by atoms with E-state index < -0.39 is 5.54 Å². The second kappa shape index (κ2) is 8.34. The van der Waals surface area contributed by atoms with Gasteiger partial charge < -0.3 is 4.74 Å². The molecule has 0 saturated carbocycles. The van der Waals surface area contributed by atoms with Crippen molar-refractivity contribution in [2.24, 2.45) is 5.84 Å². The van der Waals surface area contributed by atoms with E-state index in [0.717, 1.165) is 19.6 Å². The molecule has 1 aliphatic heterocycles. The average molecular weight is 314 g/mol. The van der Waals surface area contributed by atoms with Crippen molar-refractivity contribution >= 4 is 18.4 Å². The minimum atomic E-state index is -0.719. The number of nitrogens with one attached hydrogen (secondary N) is 1. The normalized spacial score (nSPS) is 17.8. The molecule has 1 aromatic rings. The number of piperidine rings is 1. The standard InChI is InChI=1S/C15H23N3O2.ClH/c1-2-20-14(19)15(17-16)8-10-18(11-9-15)12-13-6-4-3-5-7-13;/h3-7,17H,2,8-12,16H2,1H3;1H. The predicted octanol–water partition coefficient (Wildman–Crippen LogP) is 1.47. The number of hydrazine groups is 1. The quantitative estimate of drug-likeness (QED) is 0.489. The highest BCUT2D eigenvalue weighted by molar-refractivity contribution is 5.85. The zero-order valence-corrected chi connectivity index (χ0v) is 13.2. The number of nitrogens with zero attached hydrogens (tertiary/aromatic N) is 1. The van der Waals surface area contributed by atoms with E-state index in [9.17, 15) is 4.79 Å². The molecular weight excluding hydrogens is 290 g/mol. The van der Waals surface area contributed by atoms with Crippen molar-refractivity contribution in [3.05, 3.63) is 35.9 Å². The third kappa shape index (κ3) is 4.41. The molecule has 5 nitrogen and oxygen atoms in total. The van der Waals surface area contributed by atoms with Crippen molar-refractivity contribution in [1.82, 2.24) is 10.3 Å². The lowest BCUT2D eigenvalue weighted by Gasteiger charge is -2.39. The largest absolute Gasteiger partial charge is 0.465 e. The summed E-state index contributed by atoms with van der Waals surface area (Å²) in [7, 11) is 0. The number of carbonyl (C=O) groups excluding carboxylic acids is 1. The summed E-state index contributed by atoms with van der Waals surface area (Å²) in [6.45, 7) is 4.77. The second-order valence-electron chi connectivity index (χ2n) is 5.21. The zero-order chi connectivity index (χ0) is 14.4. The Kier molecular flexibility index (Phi) is 7.11. The van der Waals surface area contributed by atoms with E-state index in [1.165, 1.54) is 5.56 Å². The molecule has 1 saturated heterocycles. The van der Waals surface area contributed by atoms with Gasteiger partial charge in [-0.3, -0.25) is 10.7 Å². The van der Waals surface area contributed by atoms with Gasteiger partial charge in [0.2, 0.25) is 0 Å². The third-order valence-electron chi connectivity index (χ3n) is 3.90. The number of nitrogens with two attached hydrogens (primary N) is 1. The topological polar surface area (TPSA) is 67.6 Å². The number of benzene rings is 1. The Morgan fingerprint density at radius 3 is 2.48 bits per heavy atom. The lowest BCUT2D eigenvalue weighted by Crippen LogP contribution is -2.61. The van der Waals surface area contributed by atoms with Crippen LogP contribution in [0.25, 0.3) is 0 Å². The van der Waals surface area contributed by atoms with E-state index in [2.05, 4.69) is 22.5 Å². The van der Waals surface area contributed by atoms with Gasteiger partial charge in [-0.25, -0.2) is 10.2 Å². The molecule has 21 heavy (non-hydrogen) atoms.